The highest BCUT2D eigenvalue weighted by atomic mass is 79.9. The monoisotopic (exact) mass is 321 g/mol. The van der Waals surface area contributed by atoms with Crippen molar-refractivity contribution in [2.24, 2.45) is 5.73 Å². The van der Waals surface area contributed by atoms with Gasteiger partial charge in [-0.25, -0.2) is 8.42 Å². The maximum atomic E-state index is 11.3. The highest BCUT2D eigenvalue weighted by Crippen LogP contribution is 2.28. The Balaban J connectivity index is 2.70. The summed E-state index contributed by atoms with van der Waals surface area (Å²) in [6.45, 7) is 2.13. The fourth-order valence-corrected chi connectivity index (χ4v) is 2.44. The molecule has 0 bridgehead atoms. The van der Waals surface area contributed by atoms with Gasteiger partial charge in [0, 0.05) is 17.9 Å². The van der Waals surface area contributed by atoms with E-state index >= 15 is 0 Å². The first-order chi connectivity index (χ1) is 8.00. The second-order valence-electron chi connectivity index (χ2n) is 3.52. The Morgan fingerprint density at radius 1 is 1.41 bits per heavy atom. The molecule has 0 radical (unpaired) electrons. The van der Waals surface area contributed by atoms with Crippen LogP contribution < -0.4 is 10.5 Å². The van der Waals surface area contributed by atoms with Crippen molar-refractivity contribution in [3.05, 3.63) is 28.2 Å². The second-order valence-corrected chi connectivity index (χ2v) is 6.84. The SMILES string of the molecule is CCS(=O)(=O)CCOc1c(Br)cccc1CN. The molecule has 4 nitrogen and oxygen atoms in total. The Morgan fingerprint density at radius 3 is 2.71 bits per heavy atom. The summed E-state index contributed by atoms with van der Waals surface area (Å²) in [6.07, 6.45) is 0. The Hall–Kier alpha value is -0.590. The van der Waals surface area contributed by atoms with E-state index in [-0.39, 0.29) is 18.1 Å². The van der Waals surface area contributed by atoms with Crippen LogP contribution in [0.15, 0.2) is 22.7 Å². The van der Waals surface area contributed by atoms with Crippen molar-refractivity contribution >= 4 is 25.8 Å². The number of nitrogens with two attached hydrogens (primary N) is 1. The summed E-state index contributed by atoms with van der Waals surface area (Å²) >= 11 is 3.36. The molecule has 0 fully saturated rings. The van der Waals surface area contributed by atoms with Gasteiger partial charge in [-0.2, -0.15) is 0 Å². The molecular weight excluding hydrogens is 306 g/mol. The van der Waals surface area contributed by atoms with Gasteiger partial charge >= 0.3 is 0 Å². The zero-order chi connectivity index (χ0) is 12.9. The maximum absolute atomic E-state index is 11.3. The van der Waals surface area contributed by atoms with Gasteiger partial charge in [0.05, 0.1) is 10.2 Å². The molecular formula is C11H16BrNO3S. The highest BCUT2D eigenvalue weighted by Gasteiger charge is 2.10. The lowest BCUT2D eigenvalue weighted by Crippen LogP contribution is -2.16. The number of hydrogen-bond acceptors (Lipinski definition) is 4. The van der Waals surface area contributed by atoms with Crippen molar-refractivity contribution in [1.29, 1.82) is 0 Å². The molecule has 0 saturated carbocycles. The van der Waals surface area contributed by atoms with E-state index in [1.54, 1.807) is 6.92 Å². The first-order valence-electron chi connectivity index (χ1n) is 5.31. The van der Waals surface area contributed by atoms with Gasteiger partial charge in [-0.05, 0) is 22.0 Å². The molecule has 1 aromatic rings. The van der Waals surface area contributed by atoms with Gasteiger partial charge in [0.15, 0.2) is 9.84 Å². The molecule has 0 amide bonds. The molecule has 6 heteroatoms. The predicted molar refractivity (Wildman–Crippen MR) is 71.9 cm³/mol. The van der Waals surface area contributed by atoms with E-state index in [2.05, 4.69) is 15.9 Å². The van der Waals surface area contributed by atoms with Crippen molar-refractivity contribution in [1.82, 2.24) is 0 Å². The first kappa shape index (κ1) is 14.5. The number of ether oxygens (including phenoxy) is 1. The van der Waals surface area contributed by atoms with Gasteiger partial charge < -0.3 is 10.5 Å². The van der Waals surface area contributed by atoms with Crippen molar-refractivity contribution < 1.29 is 13.2 Å². The predicted octanol–water partition coefficient (Wildman–Crippen LogP) is 1.72. The Morgan fingerprint density at radius 2 is 2.12 bits per heavy atom. The standard InChI is InChI=1S/C11H16BrNO3S/c1-2-17(14,15)7-6-16-11-9(8-13)4-3-5-10(11)12/h3-5H,2,6-8,13H2,1H3. The summed E-state index contributed by atoms with van der Waals surface area (Å²) in [5.41, 5.74) is 6.44. The average molecular weight is 322 g/mol. The number of benzene rings is 1. The third-order valence-corrected chi connectivity index (χ3v) is 4.64. The van der Waals surface area contributed by atoms with Gasteiger partial charge in [0.25, 0.3) is 0 Å². The molecule has 17 heavy (non-hydrogen) atoms. The topological polar surface area (TPSA) is 69.4 Å². The smallest absolute Gasteiger partial charge is 0.153 e. The summed E-state index contributed by atoms with van der Waals surface area (Å²) in [6, 6.07) is 5.55. The summed E-state index contributed by atoms with van der Waals surface area (Å²) < 4.78 is 28.9. The Bertz CT molecular complexity index is 474. The molecule has 1 aromatic carbocycles. The van der Waals surface area contributed by atoms with E-state index in [9.17, 15) is 8.42 Å². The van der Waals surface area contributed by atoms with E-state index in [4.69, 9.17) is 10.5 Å². The van der Waals surface area contributed by atoms with Crippen LogP contribution in [0.4, 0.5) is 0 Å². The first-order valence-corrected chi connectivity index (χ1v) is 7.92. The third kappa shape index (κ3) is 4.29. The molecule has 0 spiro atoms. The molecule has 2 N–H and O–H groups in total. The second kappa shape index (κ2) is 6.37. The normalized spacial score (nSPS) is 11.5. The van der Waals surface area contributed by atoms with Crippen molar-refractivity contribution in [3.63, 3.8) is 0 Å². The molecule has 0 saturated heterocycles. The third-order valence-electron chi connectivity index (χ3n) is 2.35. The van der Waals surface area contributed by atoms with Crippen molar-refractivity contribution in [2.45, 2.75) is 13.5 Å². The summed E-state index contributed by atoms with van der Waals surface area (Å²) in [7, 11) is -2.99. The zero-order valence-electron chi connectivity index (χ0n) is 9.65. The summed E-state index contributed by atoms with van der Waals surface area (Å²) in [5, 5.41) is 0. The minimum absolute atomic E-state index is 0.0227. The van der Waals surface area contributed by atoms with Crippen LogP contribution in [-0.4, -0.2) is 26.5 Å². The number of sulfone groups is 1. The molecule has 0 aliphatic carbocycles. The quantitative estimate of drug-likeness (QED) is 0.866. The van der Waals surface area contributed by atoms with Gasteiger partial charge in [-0.15, -0.1) is 0 Å². The number of para-hydroxylation sites is 1. The van der Waals surface area contributed by atoms with E-state index in [1.165, 1.54) is 0 Å². The lowest BCUT2D eigenvalue weighted by atomic mass is 10.2. The minimum atomic E-state index is -2.99. The van der Waals surface area contributed by atoms with Crippen LogP contribution >= 0.6 is 15.9 Å². The lowest BCUT2D eigenvalue weighted by molar-refractivity contribution is 0.335. The van der Waals surface area contributed by atoms with Crippen molar-refractivity contribution in [3.8, 4) is 5.75 Å². The average Bonchev–Trinajstić information content (AvgIpc) is 2.31. The molecule has 0 aliphatic heterocycles. The molecule has 1 rings (SSSR count). The van der Waals surface area contributed by atoms with Gasteiger partial charge in [-0.3, -0.25) is 0 Å². The Labute approximate surface area is 110 Å². The van der Waals surface area contributed by atoms with E-state index < -0.39 is 9.84 Å². The van der Waals surface area contributed by atoms with Crippen molar-refractivity contribution in [2.75, 3.05) is 18.1 Å². The van der Waals surface area contributed by atoms with Crippen LogP contribution in [0.2, 0.25) is 0 Å². The fourth-order valence-electron chi connectivity index (χ4n) is 1.29. The van der Waals surface area contributed by atoms with Gasteiger partial charge in [-0.1, -0.05) is 19.1 Å². The molecule has 0 aromatic heterocycles. The highest BCUT2D eigenvalue weighted by molar-refractivity contribution is 9.10. The minimum Gasteiger partial charge on any atom is -0.491 e. The summed E-state index contributed by atoms with van der Waals surface area (Å²) in [4.78, 5) is 0. The van der Waals surface area contributed by atoms with E-state index in [0.717, 1.165) is 10.0 Å². The van der Waals surface area contributed by atoms with Crippen LogP contribution in [-0.2, 0) is 16.4 Å². The molecule has 96 valence electrons. The zero-order valence-corrected chi connectivity index (χ0v) is 12.1. The van der Waals surface area contributed by atoms with Gasteiger partial charge in [0.2, 0.25) is 0 Å². The maximum Gasteiger partial charge on any atom is 0.153 e. The van der Waals surface area contributed by atoms with Crippen LogP contribution in [0.5, 0.6) is 5.75 Å². The lowest BCUT2D eigenvalue weighted by Gasteiger charge is -2.12. The van der Waals surface area contributed by atoms with Crippen LogP contribution in [0.25, 0.3) is 0 Å². The molecule has 0 unspecified atom stereocenters. The summed E-state index contributed by atoms with van der Waals surface area (Å²) in [5.74, 6) is 0.784. The van der Waals surface area contributed by atoms with E-state index in [0.29, 0.717) is 12.3 Å². The number of halogens is 1. The Kier molecular flexibility index (Phi) is 5.42. The van der Waals surface area contributed by atoms with Crippen LogP contribution in [0.1, 0.15) is 12.5 Å². The van der Waals surface area contributed by atoms with Crippen LogP contribution in [0, 0.1) is 0 Å². The van der Waals surface area contributed by atoms with Crippen LogP contribution in [0.3, 0.4) is 0 Å². The molecule has 0 aliphatic rings. The number of hydrogen-bond donors (Lipinski definition) is 1. The van der Waals surface area contributed by atoms with Gasteiger partial charge in [0.1, 0.15) is 12.4 Å². The fraction of sp³-hybridized carbons (Fsp3) is 0.455. The molecule has 0 atom stereocenters. The number of rotatable bonds is 6. The molecule has 0 heterocycles. The van der Waals surface area contributed by atoms with E-state index in [1.807, 2.05) is 18.2 Å². The largest absolute Gasteiger partial charge is 0.491 e.